The molecule has 3 fully saturated rings. The molecule has 3 amide bonds. The molecule has 1 aromatic heterocycles. The van der Waals surface area contributed by atoms with Gasteiger partial charge in [-0.3, -0.25) is 19.3 Å². The number of nitrogen functional groups attached to an aromatic ring is 1. The fourth-order valence-corrected chi connectivity index (χ4v) is 7.81. The number of anilines is 1. The Morgan fingerprint density at radius 3 is 2.58 bits per heavy atom. The number of nitrogens with one attached hydrogen (secondary N) is 2. The van der Waals surface area contributed by atoms with Crippen molar-refractivity contribution in [3.8, 4) is 0 Å². The number of amides is 3. The first-order valence-electron chi connectivity index (χ1n) is 13.5. The molecule has 18 heteroatoms. The van der Waals surface area contributed by atoms with Crippen LogP contribution >= 0.6 is 23.3 Å². The SMILES string of the molecule is CNC(=O)C1C2CC[N+](C)(CC3=C(C(=O)O)N4C(=O)[C@@H](NC(=O)/C(=N\OC(C)(C)C(=O)O)c5nsc(N)n5)[C@@H]4SC3)CC21. The third-order valence-electron chi connectivity index (χ3n) is 8.39. The number of fused-ring (bicyclic) bond motifs is 2. The molecule has 1 aromatic rings. The van der Waals surface area contributed by atoms with E-state index < -0.39 is 46.5 Å². The summed E-state index contributed by atoms with van der Waals surface area (Å²) in [6.45, 7) is 4.44. The molecule has 4 heterocycles. The average molecular weight is 638 g/mol. The van der Waals surface area contributed by atoms with Crippen molar-refractivity contribution in [1.82, 2.24) is 24.9 Å². The number of carbonyl (C=O) groups is 5. The van der Waals surface area contributed by atoms with Gasteiger partial charge < -0.3 is 35.9 Å². The number of carboxylic acid groups (broad SMARTS) is 2. The lowest BCUT2D eigenvalue weighted by molar-refractivity contribution is -0.910. The maximum atomic E-state index is 13.3. The average Bonchev–Trinajstić information content (AvgIpc) is 3.48. The smallest absolute Gasteiger partial charge is 0.352 e. The topological polar surface area (TPSA) is 226 Å². The predicted molar refractivity (Wildman–Crippen MR) is 153 cm³/mol. The molecular formula is C25H33N8O8S2+. The largest absolute Gasteiger partial charge is 0.478 e. The number of likely N-dealkylation sites (tertiary alicyclic amines) is 1. The van der Waals surface area contributed by atoms with E-state index in [-0.39, 0.29) is 34.4 Å². The summed E-state index contributed by atoms with van der Waals surface area (Å²) in [5.41, 5.74) is 3.90. The molecule has 2 saturated heterocycles. The first-order chi connectivity index (χ1) is 20.2. The highest BCUT2D eigenvalue weighted by atomic mass is 32.2. The maximum Gasteiger partial charge on any atom is 0.352 e. The second-order valence-electron chi connectivity index (χ2n) is 11.9. The van der Waals surface area contributed by atoms with Gasteiger partial charge in [0, 0.05) is 48.2 Å². The lowest BCUT2D eigenvalue weighted by Crippen LogP contribution is -2.71. The number of β-lactam (4-membered cyclic amide) rings is 1. The number of nitrogens with two attached hydrogens (primary N) is 1. The van der Waals surface area contributed by atoms with Crippen LogP contribution < -0.4 is 16.4 Å². The van der Waals surface area contributed by atoms with Crippen molar-refractivity contribution in [1.29, 1.82) is 0 Å². The van der Waals surface area contributed by atoms with E-state index in [1.165, 1.54) is 30.5 Å². The Kier molecular flexibility index (Phi) is 7.89. The number of hydrogen-bond donors (Lipinski definition) is 5. The summed E-state index contributed by atoms with van der Waals surface area (Å²) in [7, 11) is 3.68. The lowest BCUT2D eigenvalue weighted by Gasteiger charge is -2.50. The molecule has 0 radical (unpaired) electrons. The Bertz CT molecular complexity index is 1460. The van der Waals surface area contributed by atoms with Gasteiger partial charge in [-0.2, -0.15) is 9.36 Å². The Labute approximate surface area is 254 Å². The molecule has 1 saturated carbocycles. The molecule has 16 nitrogen and oxygen atoms in total. The van der Waals surface area contributed by atoms with E-state index in [0.29, 0.717) is 28.3 Å². The van der Waals surface area contributed by atoms with Gasteiger partial charge in [0.25, 0.3) is 11.8 Å². The van der Waals surface area contributed by atoms with Gasteiger partial charge in [-0.1, -0.05) is 5.16 Å². The van der Waals surface area contributed by atoms with Crippen LogP contribution in [-0.4, -0.2) is 121 Å². The van der Waals surface area contributed by atoms with E-state index in [0.717, 1.165) is 31.0 Å². The molecule has 4 aliphatic rings. The molecule has 3 aliphatic heterocycles. The first-order valence-corrected chi connectivity index (χ1v) is 15.3. The highest BCUT2D eigenvalue weighted by molar-refractivity contribution is 8.00. The summed E-state index contributed by atoms with van der Waals surface area (Å²) < 4.78 is 4.52. The minimum absolute atomic E-state index is 0.00531. The number of hydrogen-bond acceptors (Lipinski definition) is 12. The monoisotopic (exact) mass is 637 g/mol. The van der Waals surface area contributed by atoms with E-state index in [9.17, 15) is 34.2 Å². The van der Waals surface area contributed by atoms with Crippen LogP contribution in [0.3, 0.4) is 0 Å². The maximum absolute atomic E-state index is 13.3. The number of oxime groups is 1. The highest BCUT2D eigenvalue weighted by Gasteiger charge is 2.61. The van der Waals surface area contributed by atoms with Gasteiger partial charge in [-0.25, -0.2) is 9.59 Å². The predicted octanol–water partition coefficient (Wildman–Crippen LogP) is -1.10. The molecule has 6 N–H and O–H groups in total. The van der Waals surface area contributed by atoms with Crippen LogP contribution in [-0.2, 0) is 28.8 Å². The van der Waals surface area contributed by atoms with Crippen LogP contribution in [0.2, 0.25) is 0 Å². The number of carbonyl (C=O) groups excluding carboxylic acids is 3. The van der Waals surface area contributed by atoms with Crippen molar-refractivity contribution in [3.63, 3.8) is 0 Å². The van der Waals surface area contributed by atoms with Gasteiger partial charge in [0.15, 0.2) is 5.13 Å². The number of carboxylic acids is 2. The third kappa shape index (κ3) is 5.65. The van der Waals surface area contributed by atoms with Crippen molar-refractivity contribution >= 4 is 63.8 Å². The Balaban J connectivity index is 1.31. The molecular weight excluding hydrogens is 604 g/mol. The normalized spacial score (nSPS) is 30.0. The molecule has 0 spiro atoms. The molecule has 0 aromatic carbocycles. The van der Waals surface area contributed by atoms with Crippen LogP contribution in [0, 0.1) is 17.8 Å². The zero-order valence-corrected chi connectivity index (χ0v) is 25.5. The van der Waals surface area contributed by atoms with E-state index in [1.807, 2.05) is 7.05 Å². The van der Waals surface area contributed by atoms with Gasteiger partial charge in [0.2, 0.25) is 23.0 Å². The highest BCUT2D eigenvalue weighted by Crippen LogP contribution is 2.53. The standard InChI is InChI=1S/C25H32N8O8S2/c1-25(2,23(39)40)41-30-14(17-29-24(26)43-31-17)19(35)28-15-20(36)32-16(22(37)38)10(9-42-21(15)32)7-33(4)6-5-11-12(8-33)13(11)18(34)27-3/h11-13,15,21H,5-9H2,1-4H3,(H5-,26,27,28,29,31,34,35,37,38,39,40)/p+1/b30-14-/t11?,12?,13?,15-,21+,33?/m1/s1. The number of thioether (sulfide) groups is 1. The van der Waals surface area contributed by atoms with Crippen LogP contribution in [0.5, 0.6) is 0 Å². The third-order valence-corrected chi connectivity index (χ3v) is 10.3. The molecule has 43 heavy (non-hydrogen) atoms. The van der Waals surface area contributed by atoms with Crippen LogP contribution in [0.1, 0.15) is 26.1 Å². The summed E-state index contributed by atoms with van der Waals surface area (Å²) in [5.74, 6) is -3.32. The Morgan fingerprint density at radius 1 is 1.26 bits per heavy atom. The number of aromatic nitrogens is 2. The summed E-state index contributed by atoms with van der Waals surface area (Å²) in [5, 5.41) is 27.8. The number of nitrogens with zero attached hydrogens (tertiary/aromatic N) is 5. The minimum atomic E-state index is -1.79. The fourth-order valence-electron chi connectivity index (χ4n) is 6.04. The lowest BCUT2D eigenvalue weighted by atomic mass is 10.0. The Hall–Kier alpha value is -3.77. The molecule has 5 rings (SSSR count). The van der Waals surface area contributed by atoms with Crippen LogP contribution in [0.4, 0.5) is 5.13 Å². The van der Waals surface area contributed by atoms with Crippen molar-refractivity contribution in [2.45, 2.75) is 37.3 Å². The number of quaternary nitrogens is 1. The summed E-state index contributed by atoms with van der Waals surface area (Å²) in [6, 6.07) is -1.08. The van der Waals surface area contributed by atoms with Gasteiger partial charge in [0.05, 0.1) is 20.1 Å². The number of aliphatic carboxylic acids is 2. The zero-order chi connectivity index (χ0) is 31.4. The summed E-state index contributed by atoms with van der Waals surface area (Å²) >= 11 is 2.12. The molecule has 1 aliphatic carbocycles. The van der Waals surface area contributed by atoms with Crippen LogP contribution in [0.15, 0.2) is 16.4 Å². The van der Waals surface area contributed by atoms with E-state index in [2.05, 4.69) is 25.1 Å². The molecule has 232 valence electrons. The number of likely N-dealkylation sites (N-methyl/N-ethyl adjacent to an activating group) is 1. The zero-order valence-electron chi connectivity index (χ0n) is 23.9. The summed E-state index contributed by atoms with van der Waals surface area (Å²) in [4.78, 5) is 72.8. The van der Waals surface area contributed by atoms with E-state index in [4.69, 9.17) is 10.6 Å². The first kappa shape index (κ1) is 30.7. The van der Waals surface area contributed by atoms with Gasteiger partial charge in [-0.15, -0.1) is 11.8 Å². The fraction of sp³-hybridized carbons (Fsp3) is 0.600. The van der Waals surface area contributed by atoms with E-state index >= 15 is 0 Å². The molecule has 6 atom stereocenters. The van der Waals surface area contributed by atoms with Gasteiger partial charge in [0.1, 0.15) is 23.7 Å². The number of rotatable bonds is 10. The van der Waals surface area contributed by atoms with Crippen molar-refractivity contribution < 1.29 is 43.5 Å². The molecule has 4 unspecified atom stereocenters. The van der Waals surface area contributed by atoms with Crippen LogP contribution in [0.25, 0.3) is 0 Å². The van der Waals surface area contributed by atoms with Crippen molar-refractivity contribution in [2.75, 3.05) is 45.2 Å². The minimum Gasteiger partial charge on any atom is -0.478 e. The second kappa shape index (κ2) is 11.1. The molecule has 0 bridgehead atoms. The second-order valence-corrected chi connectivity index (χ2v) is 13.7. The van der Waals surface area contributed by atoms with Gasteiger partial charge in [-0.05, 0) is 19.8 Å². The Morgan fingerprint density at radius 2 is 1.98 bits per heavy atom. The number of piperidine rings is 1. The quantitative estimate of drug-likeness (QED) is 0.0892. The summed E-state index contributed by atoms with van der Waals surface area (Å²) in [6.07, 6.45) is 0.873. The van der Waals surface area contributed by atoms with Gasteiger partial charge >= 0.3 is 11.9 Å². The van der Waals surface area contributed by atoms with Crippen molar-refractivity contribution in [3.05, 3.63) is 17.1 Å². The van der Waals surface area contributed by atoms with Crippen molar-refractivity contribution in [2.24, 2.45) is 22.9 Å². The van der Waals surface area contributed by atoms with E-state index in [1.54, 1.807) is 7.05 Å².